The Kier molecular flexibility index (Phi) is 47.1. The largest absolute Gasteiger partial charge is 0.508 e. The minimum Gasteiger partial charge on any atom is -0.508 e. The number of nitrogens with two attached hydrogens (primary N) is 3. The van der Waals surface area contributed by atoms with Gasteiger partial charge in [0, 0.05) is 90.0 Å². The molecule has 46 heteroatoms. The van der Waals surface area contributed by atoms with E-state index in [9.17, 15) is 112 Å². The van der Waals surface area contributed by atoms with Crippen molar-refractivity contribution in [2.75, 3.05) is 58.1 Å². The summed E-state index contributed by atoms with van der Waals surface area (Å²) in [5.74, 6) is -16.8. The lowest BCUT2D eigenvalue weighted by atomic mass is 10.0. The molecule has 3 aliphatic heterocycles. The second-order valence-corrected chi connectivity index (χ2v) is 32.5. The van der Waals surface area contributed by atoms with Gasteiger partial charge in [-0.3, -0.25) is 107 Å². The Bertz CT molecular complexity index is 4180. The molecule has 0 radical (unpaired) electrons. The highest BCUT2D eigenvalue weighted by Gasteiger charge is 2.40. The van der Waals surface area contributed by atoms with E-state index in [2.05, 4.69) is 85.1 Å². The Balaban J connectivity index is 1.30. The van der Waals surface area contributed by atoms with Crippen molar-refractivity contribution >= 4 is 136 Å². The number of nitrogens with one attached hydrogen (secondary N) is 18. The smallest absolute Gasteiger partial charge is 0.305 e. The third kappa shape index (κ3) is 41.1. The summed E-state index contributed by atoms with van der Waals surface area (Å²) >= 11 is 1.10. The Labute approximate surface area is 743 Å². The zero-order valence-corrected chi connectivity index (χ0v) is 72.6. The molecule has 3 saturated heterocycles. The average molecular weight is 1820 g/mol. The first-order valence-corrected chi connectivity index (χ1v) is 44.0. The molecule has 11 atom stereocenters. The van der Waals surface area contributed by atoms with Crippen molar-refractivity contribution in [3.63, 3.8) is 0 Å². The first-order chi connectivity index (χ1) is 61.0. The lowest BCUT2D eigenvalue weighted by Gasteiger charge is -2.26. The number of hydrogen-bond acceptors (Lipinski definition) is 25. The molecule has 128 heavy (non-hydrogen) atoms. The van der Waals surface area contributed by atoms with Crippen LogP contribution in [0.25, 0.3) is 0 Å². The Hall–Kier alpha value is -12.8. The fraction of sp³-hybridized carbons (Fsp3) is 0.598. The van der Waals surface area contributed by atoms with E-state index < -0.39 is 186 Å². The summed E-state index contributed by atoms with van der Waals surface area (Å²) in [4.78, 5) is 257. The summed E-state index contributed by atoms with van der Waals surface area (Å²) in [6.07, 6.45) is 1.11. The van der Waals surface area contributed by atoms with Crippen LogP contribution < -0.4 is 102 Å². The fourth-order valence-electron chi connectivity index (χ4n) is 13.6. The molecular weight excluding hydrogens is 1690 g/mol. The number of carbonyl (C=O) groups is 19. The molecule has 2 aromatic carbocycles. The highest BCUT2D eigenvalue weighted by molar-refractivity contribution is 8.00. The van der Waals surface area contributed by atoms with E-state index in [0.29, 0.717) is 62.6 Å². The summed E-state index contributed by atoms with van der Waals surface area (Å²) < 4.78 is 0. The summed E-state index contributed by atoms with van der Waals surface area (Å²) in [6, 6.07) is -3.82. The number of thioether (sulfide) groups is 1. The number of benzene rings is 2. The average Bonchev–Trinajstić information content (AvgIpc) is 1.71. The van der Waals surface area contributed by atoms with Crippen molar-refractivity contribution in [3.8, 4) is 11.5 Å². The van der Waals surface area contributed by atoms with Gasteiger partial charge in [-0.1, -0.05) is 50.5 Å². The Morgan fingerprint density at radius 2 is 0.852 bits per heavy atom. The molecule has 3 heterocycles. The van der Waals surface area contributed by atoms with E-state index >= 15 is 0 Å². The maximum Gasteiger partial charge on any atom is 0.305 e. The fourth-order valence-corrected chi connectivity index (χ4v) is 14.8. The summed E-state index contributed by atoms with van der Waals surface area (Å²) in [5, 5.41) is 94.9. The maximum atomic E-state index is 14.6. The van der Waals surface area contributed by atoms with E-state index in [1.165, 1.54) is 53.4 Å². The molecule has 706 valence electrons. The van der Waals surface area contributed by atoms with Gasteiger partial charge in [0.1, 0.15) is 65.9 Å². The van der Waals surface area contributed by atoms with Crippen LogP contribution >= 0.6 is 11.8 Å². The van der Waals surface area contributed by atoms with E-state index in [-0.39, 0.29) is 195 Å². The van der Waals surface area contributed by atoms with Crippen molar-refractivity contribution < 1.29 is 112 Å². The molecule has 45 nitrogen and oxygen atoms in total. The number of likely N-dealkylation sites (tertiary alicyclic amines) is 1. The quantitative estimate of drug-likeness (QED) is 0.0129. The number of unbranched alkanes of at least 4 members (excludes halogenated alkanes) is 7. The molecule has 3 fully saturated rings. The topological polar surface area (TPSA) is 727 Å². The van der Waals surface area contributed by atoms with E-state index in [4.69, 9.17) is 28.0 Å². The minimum atomic E-state index is -1.77. The van der Waals surface area contributed by atoms with Crippen LogP contribution in [0.3, 0.4) is 0 Å². The third-order valence-corrected chi connectivity index (χ3v) is 22.0. The number of carbonyl (C=O) groups excluding carboxylic acids is 17. The number of amides is 17. The molecule has 5 unspecified atom stereocenters. The number of carboxylic acids is 2. The van der Waals surface area contributed by atoms with Gasteiger partial charge < -0.3 is 123 Å². The first-order valence-electron chi connectivity index (χ1n) is 42.9. The highest BCUT2D eigenvalue weighted by Crippen LogP contribution is 2.27. The number of aromatic hydroxyl groups is 2. The number of phenols is 2. The third-order valence-electron chi connectivity index (χ3n) is 20.7. The predicted octanol–water partition coefficient (Wildman–Crippen LogP) is -4.48. The SMILES string of the molecule is CCCNC(=O)CCCCCN1C(=O)CC(SCC(N)C(=O)NCCCCCC(=O)NC(CCC(=O)NCCCCC2NC(=O)[C@@H](CCCNC(=N)N)NC(=O)CNC(=O)[C@@H](CC(=O)O)NC(=O)[C@H](Cc3ccc(O)cc3)NC2=O)C(=O)NCCCCC2NC(=O)[C@@H](CCCCC(=N)N)NC(=O)CNC(=O)[C@@H](CC(=O)O)NC(=O)[C@H](Cc3ccc(O)cc3)NC2=O)C1=O. The second-order valence-electron chi connectivity index (χ2n) is 31.3. The molecule has 2 aromatic rings. The summed E-state index contributed by atoms with van der Waals surface area (Å²) in [5.41, 5.74) is 18.0. The van der Waals surface area contributed by atoms with E-state index in [0.717, 1.165) is 18.2 Å². The van der Waals surface area contributed by atoms with Gasteiger partial charge >= 0.3 is 11.9 Å². The van der Waals surface area contributed by atoms with E-state index in [1.54, 1.807) is 0 Å². The Morgan fingerprint density at radius 3 is 1.34 bits per heavy atom. The van der Waals surface area contributed by atoms with Crippen molar-refractivity contribution in [1.82, 2.24) is 90.0 Å². The normalized spacial score (nSPS) is 20.4. The number of amidine groups is 1. The van der Waals surface area contributed by atoms with Crippen LogP contribution in [-0.2, 0) is 104 Å². The van der Waals surface area contributed by atoms with Gasteiger partial charge in [-0.05, 0) is 138 Å². The highest BCUT2D eigenvalue weighted by atomic mass is 32.2. The van der Waals surface area contributed by atoms with Crippen molar-refractivity contribution in [2.24, 2.45) is 17.2 Å². The molecular formula is C82H124N22O23S. The van der Waals surface area contributed by atoms with Gasteiger partial charge in [-0.2, -0.15) is 0 Å². The molecule has 17 amide bonds. The second kappa shape index (κ2) is 57.0. The molecule has 5 rings (SSSR count). The number of imide groups is 1. The number of aliphatic carboxylic acids is 2. The molecule has 28 N–H and O–H groups in total. The zero-order chi connectivity index (χ0) is 94.2. The monoisotopic (exact) mass is 1820 g/mol. The molecule has 3 aliphatic rings. The lowest BCUT2D eigenvalue weighted by molar-refractivity contribution is -0.141. The molecule has 0 aliphatic carbocycles. The van der Waals surface area contributed by atoms with Crippen LogP contribution in [-0.4, -0.2) is 273 Å². The van der Waals surface area contributed by atoms with Crippen LogP contribution in [0.5, 0.6) is 11.5 Å². The zero-order valence-electron chi connectivity index (χ0n) is 71.8. The summed E-state index contributed by atoms with van der Waals surface area (Å²) in [6.45, 7) is 1.17. The van der Waals surface area contributed by atoms with Gasteiger partial charge in [-0.25, -0.2) is 0 Å². The van der Waals surface area contributed by atoms with Crippen molar-refractivity contribution in [1.29, 1.82) is 10.8 Å². The van der Waals surface area contributed by atoms with Crippen molar-refractivity contribution in [2.45, 2.75) is 252 Å². The number of phenolic OH excluding ortho intramolecular Hbond substituents is 2. The number of carboxylic acid groups (broad SMARTS) is 2. The summed E-state index contributed by atoms with van der Waals surface area (Å²) in [7, 11) is 0. The molecule has 0 spiro atoms. The van der Waals surface area contributed by atoms with Crippen LogP contribution in [0.2, 0.25) is 0 Å². The number of nitrogens with zero attached hydrogens (tertiary/aromatic N) is 1. The van der Waals surface area contributed by atoms with Gasteiger partial charge in [0.25, 0.3) is 0 Å². The van der Waals surface area contributed by atoms with Gasteiger partial charge in [0.15, 0.2) is 5.96 Å². The van der Waals surface area contributed by atoms with Crippen LogP contribution in [0.4, 0.5) is 0 Å². The first kappa shape index (κ1) is 106. The van der Waals surface area contributed by atoms with Gasteiger partial charge in [0.05, 0.1) is 43.1 Å². The van der Waals surface area contributed by atoms with E-state index in [1.807, 2.05) is 6.92 Å². The van der Waals surface area contributed by atoms with Gasteiger partial charge in [0.2, 0.25) is 100 Å². The maximum absolute atomic E-state index is 14.6. The van der Waals surface area contributed by atoms with Crippen LogP contribution in [0, 0.1) is 10.8 Å². The molecule has 0 saturated carbocycles. The molecule has 0 aromatic heterocycles. The number of guanidine groups is 1. The number of hydrogen-bond donors (Lipinski definition) is 25. The number of rotatable bonds is 50. The predicted molar refractivity (Wildman–Crippen MR) is 463 cm³/mol. The molecule has 0 bridgehead atoms. The van der Waals surface area contributed by atoms with Crippen LogP contribution in [0.15, 0.2) is 48.5 Å². The standard InChI is InChI=1S/C82H124N22O23S/c1-2-33-88-63(107)21-6-4-14-38-104-68(112)43-61(81(104)127)128-46-51(83)71(117)90-35-11-3-5-22-65(109)95-56(72(118)91-36-13-10-18-55-78(124)101-58(40-48-25-29-50(106)30-26-48)80(126)102-59(41-69(113)114)73(119)93-44-66(110)96-52(75(121)98-55)16-7-8-20-62(84)85)31-32-64(108)89-34-12-9-17-54-77(123)100-57(39-47-23-27-49(105)28-24-47)79(125)103-60(42-70(115)116)74(120)94-45-67(111)97-53(76(122)99-54)19-15-37-92-82(86)87/h23-30,51-61,105-106H,2-22,31-46,83H2,1H3,(H3,84,85)(H,88,107)(H,89,108)(H,90,117)(H,91,118)(H,93,119)(H,94,120)(H,95,109)(H,96,110)(H,97,111)(H,98,121)(H,99,122)(H,100,123)(H,101,124)(H,102,126)(H,103,125)(H,113,114)(H,115,116)(H4,86,87,92)/t51?,52-,53-,54?,55?,56?,57+,58+,59-,60-,61?/m1/s1. The van der Waals surface area contributed by atoms with Crippen molar-refractivity contribution in [3.05, 3.63) is 59.7 Å². The van der Waals surface area contributed by atoms with Gasteiger partial charge in [-0.15, -0.1) is 11.8 Å². The Morgan fingerprint density at radius 1 is 0.453 bits per heavy atom. The van der Waals surface area contributed by atoms with Crippen LogP contribution in [0.1, 0.15) is 185 Å². The minimum absolute atomic E-state index is 0.0329. The lowest BCUT2D eigenvalue weighted by Crippen LogP contribution is -2.58.